The molecule has 0 unspecified atom stereocenters. The molecule has 2 aromatic rings. The molecule has 1 aliphatic heterocycles. The lowest BCUT2D eigenvalue weighted by Gasteiger charge is -2.30. The number of nitrogens with zero attached hydrogens (tertiary/aromatic N) is 5. The number of hydrogen-bond acceptors (Lipinski definition) is 7. The number of aryl methyl sites for hydroxylation is 1. The molecule has 0 spiro atoms. The van der Waals surface area contributed by atoms with Crippen molar-refractivity contribution in [3.63, 3.8) is 0 Å². The maximum absolute atomic E-state index is 11.6. The maximum Gasteiger partial charge on any atom is 0.223 e. The third-order valence-electron chi connectivity index (χ3n) is 4.68. The van der Waals surface area contributed by atoms with Crippen molar-refractivity contribution in [1.29, 1.82) is 0 Å². The van der Waals surface area contributed by atoms with Crippen LogP contribution in [0.25, 0.3) is 11.3 Å². The highest BCUT2D eigenvalue weighted by molar-refractivity contribution is 7.88. The van der Waals surface area contributed by atoms with Crippen molar-refractivity contribution in [3.05, 3.63) is 24.2 Å². The van der Waals surface area contributed by atoms with Crippen LogP contribution < -0.4 is 5.32 Å². The highest BCUT2D eigenvalue weighted by Crippen LogP contribution is 2.23. The van der Waals surface area contributed by atoms with Crippen LogP contribution >= 0.6 is 0 Å². The van der Waals surface area contributed by atoms with Gasteiger partial charge in [-0.1, -0.05) is 0 Å². The first kappa shape index (κ1) is 20.7. The molecule has 3 rings (SSSR count). The summed E-state index contributed by atoms with van der Waals surface area (Å²) >= 11 is 0. The van der Waals surface area contributed by atoms with Crippen LogP contribution in [0.15, 0.2) is 18.6 Å². The molecular weight excluding hydrogens is 380 g/mol. The van der Waals surface area contributed by atoms with Gasteiger partial charge in [-0.05, 0) is 39.2 Å². The molecule has 0 aromatic carbocycles. The van der Waals surface area contributed by atoms with Gasteiger partial charge in [0.05, 0.1) is 30.3 Å². The SMILES string of the molecule is Cc1cnc(NC2CCN(S(C)(=O)=O)CC2)nc1-c1cnn(CC(C)(C)O)c1. The second-order valence-corrected chi connectivity index (χ2v) is 10.0. The van der Waals surface area contributed by atoms with Gasteiger partial charge in [-0.25, -0.2) is 22.7 Å². The lowest BCUT2D eigenvalue weighted by Crippen LogP contribution is -2.42. The van der Waals surface area contributed by atoms with Gasteiger partial charge in [-0.3, -0.25) is 4.68 Å². The molecular formula is C18H28N6O3S. The number of rotatable bonds is 6. The van der Waals surface area contributed by atoms with Gasteiger partial charge in [0.15, 0.2) is 0 Å². The Labute approximate surface area is 165 Å². The molecule has 1 aliphatic rings. The van der Waals surface area contributed by atoms with Crippen molar-refractivity contribution in [3.8, 4) is 11.3 Å². The Morgan fingerprint density at radius 1 is 1.29 bits per heavy atom. The zero-order valence-electron chi connectivity index (χ0n) is 16.8. The Bertz CT molecular complexity index is 927. The average Bonchev–Trinajstić information content (AvgIpc) is 3.02. The van der Waals surface area contributed by atoms with Crippen molar-refractivity contribution in [2.75, 3.05) is 24.7 Å². The van der Waals surface area contributed by atoms with Crippen LogP contribution in [0.1, 0.15) is 32.3 Å². The van der Waals surface area contributed by atoms with E-state index in [1.165, 1.54) is 10.6 Å². The number of piperidine rings is 1. The van der Waals surface area contributed by atoms with E-state index in [0.29, 0.717) is 38.4 Å². The molecule has 0 saturated carbocycles. The highest BCUT2D eigenvalue weighted by atomic mass is 32.2. The van der Waals surface area contributed by atoms with Crippen LogP contribution in [0.3, 0.4) is 0 Å². The van der Waals surface area contributed by atoms with Crippen LogP contribution in [0, 0.1) is 6.92 Å². The van der Waals surface area contributed by atoms with Gasteiger partial charge in [-0.2, -0.15) is 5.10 Å². The fourth-order valence-corrected chi connectivity index (χ4v) is 4.16. The Hall–Kier alpha value is -2.04. The van der Waals surface area contributed by atoms with E-state index >= 15 is 0 Å². The summed E-state index contributed by atoms with van der Waals surface area (Å²) in [5.74, 6) is 0.522. The van der Waals surface area contributed by atoms with E-state index < -0.39 is 15.6 Å². The van der Waals surface area contributed by atoms with Gasteiger partial charge in [-0.15, -0.1) is 0 Å². The molecule has 2 N–H and O–H groups in total. The maximum atomic E-state index is 11.6. The zero-order chi connectivity index (χ0) is 20.5. The molecule has 154 valence electrons. The fraction of sp³-hybridized carbons (Fsp3) is 0.611. The molecule has 0 aliphatic carbocycles. The number of nitrogens with one attached hydrogen (secondary N) is 1. The van der Waals surface area contributed by atoms with E-state index in [1.807, 2.05) is 13.1 Å². The molecule has 28 heavy (non-hydrogen) atoms. The summed E-state index contributed by atoms with van der Waals surface area (Å²) in [4.78, 5) is 9.02. The molecule has 0 atom stereocenters. The first-order chi connectivity index (χ1) is 13.0. The van der Waals surface area contributed by atoms with Crippen molar-refractivity contribution >= 4 is 16.0 Å². The van der Waals surface area contributed by atoms with E-state index in [1.54, 1.807) is 30.9 Å². The van der Waals surface area contributed by atoms with E-state index in [9.17, 15) is 13.5 Å². The number of aliphatic hydroxyl groups is 1. The Balaban J connectivity index is 1.71. The van der Waals surface area contributed by atoms with Crippen molar-refractivity contribution in [1.82, 2.24) is 24.1 Å². The van der Waals surface area contributed by atoms with Crippen LogP contribution in [0.5, 0.6) is 0 Å². The summed E-state index contributed by atoms with van der Waals surface area (Å²) in [5.41, 5.74) is 1.73. The van der Waals surface area contributed by atoms with Gasteiger partial charge >= 0.3 is 0 Å². The third kappa shape index (κ3) is 5.27. The molecule has 9 nitrogen and oxygen atoms in total. The van der Waals surface area contributed by atoms with Gasteiger partial charge in [0.2, 0.25) is 16.0 Å². The summed E-state index contributed by atoms with van der Waals surface area (Å²) in [5, 5.41) is 17.6. The first-order valence-electron chi connectivity index (χ1n) is 9.32. The second-order valence-electron chi connectivity index (χ2n) is 8.04. The van der Waals surface area contributed by atoms with Crippen molar-refractivity contribution < 1.29 is 13.5 Å². The van der Waals surface area contributed by atoms with Crippen LogP contribution in [0.2, 0.25) is 0 Å². The zero-order valence-corrected chi connectivity index (χ0v) is 17.6. The minimum Gasteiger partial charge on any atom is -0.389 e. The third-order valence-corrected chi connectivity index (χ3v) is 5.99. The van der Waals surface area contributed by atoms with Crippen molar-refractivity contribution in [2.45, 2.75) is 51.8 Å². The standard InChI is InChI=1S/C18H28N6O3S/c1-13-9-19-17(21-15-5-7-24(8-6-15)28(4,26)27)22-16(13)14-10-20-23(11-14)12-18(2,3)25/h9-11,15,25H,5-8,12H2,1-4H3,(H,19,21,22). The highest BCUT2D eigenvalue weighted by Gasteiger charge is 2.25. The lowest BCUT2D eigenvalue weighted by atomic mass is 10.1. The summed E-state index contributed by atoms with van der Waals surface area (Å²) < 4.78 is 26.5. The summed E-state index contributed by atoms with van der Waals surface area (Å²) in [7, 11) is -3.13. The number of sulfonamides is 1. The first-order valence-corrected chi connectivity index (χ1v) is 11.2. The van der Waals surface area contributed by atoms with Gasteiger partial charge in [0.1, 0.15) is 0 Å². The lowest BCUT2D eigenvalue weighted by molar-refractivity contribution is 0.0577. The predicted molar refractivity (Wildman–Crippen MR) is 107 cm³/mol. The fourth-order valence-electron chi connectivity index (χ4n) is 3.29. The molecule has 3 heterocycles. The van der Waals surface area contributed by atoms with E-state index in [0.717, 1.165) is 16.8 Å². The molecule has 0 radical (unpaired) electrons. The Morgan fingerprint density at radius 2 is 1.96 bits per heavy atom. The van der Waals surface area contributed by atoms with Gasteiger partial charge < -0.3 is 10.4 Å². The van der Waals surface area contributed by atoms with Crippen molar-refractivity contribution in [2.24, 2.45) is 0 Å². The quantitative estimate of drug-likeness (QED) is 0.740. The predicted octanol–water partition coefficient (Wildman–Crippen LogP) is 1.26. The number of anilines is 1. The minimum atomic E-state index is -3.13. The molecule has 1 saturated heterocycles. The average molecular weight is 409 g/mol. The van der Waals surface area contributed by atoms with Crippen LogP contribution in [-0.2, 0) is 16.6 Å². The van der Waals surface area contributed by atoms with E-state index in [4.69, 9.17) is 0 Å². The summed E-state index contributed by atoms with van der Waals surface area (Å²) in [6.07, 6.45) is 8.03. The van der Waals surface area contributed by atoms with Crippen LogP contribution in [-0.4, -0.2) is 68.6 Å². The normalized spacial score (nSPS) is 17.0. The van der Waals surface area contributed by atoms with Crippen LogP contribution in [0.4, 0.5) is 5.95 Å². The number of aromatic nitrogens is 4. The summed E-state index contributed by atoms with van der Waals surface area (Å²) in [6, 6.07) is 0.131. The molecule has 0 bridgehead atoms. The minimum absolute atomic E-state index is 0.131. The topological polar surface area (TPSA) is 113 Å². The van der Waals surface area contributed by atoms with Gasteiger partial charge in [0.25, 0.3) is 0 Å². The second kappa shape index (κ2) is 7.76. The molecule has 2 aromatic heterocycles. The Morgan fingerprint density at radius 3 is 2.57 bits per heavy atom. The largest absolute Gasteiger partial charge is 0.389 e. The molecule has 1 fully saturated rings. The van der Waals surface area contributed by atoms with E-state index in [-0.39, 0.29) is 6.04 Å². The van der Waals surface area contributed by atoms with E-state index in [2.05, 4.69) is 20.4 Å². The Kier molecular flexibility index (Phi) is 5.74. The summed E-state index contributed by atoms with van der Waals surface area (Å²) in [6.45, 7) is 6.80. The molecule has 10 heteroatoms. The number of hydrogen-bond donors (Lipinski definition) is 2. The monoisotopic (exact) mass is 408 g/mol. The van der Waals surface area contributed by atoms with Gasteiger partial charge in [0, 0.05) is 37.1 Å². The molecule has 0 amide bonds. The smallest absolute Gasteiger partial charge is 0.223 e.